The molecule has 0 unspecified atom stereocenters. The molecule has 2 heterocycles. The van der Waals surface area contributed by atoms with Crippen molar-refractivity contribution in [1.29, 1.82) is 0 Å². The number of aromatic nitrogens is 1. The Morgan fingerprint density at radius 3 is 2.54 bits per heavy atom. The van der Waals surface area contributed by atoms with Gasteiger partial charge in [0, 0.05) is 32.6 Å². The summed E-state index contributed by atoms with van der Waals surface area (Å²) in [5, 5.41) is 5.38. The van der Waals surface area contributed by atoms with Crippen molar-refractivity contribution in [3.8, 4) is 16.1 Å². The van der Waals surface area contributed by atoms with Gasteiger partial charge >= 0.3 is 0 Å². The van der Waals surface area contributed by atoms with E-state index in [1.807, 2.05) is 11.3 Å². The van der Waals surface area contributed by atoms with Crippen LogP contribution in [0.4, 0.5) is 0 Å². The van der Waals surface area contributed by atoms with Crippen molar-refractivity contribution < 1.29 is 0 Å². The third-order valence-electron chi connectivity index (χ3n) is 8.22. The highest BCUT2D eigenvalue weighted by molar-refractivity contribution is 7.23. The average Bonchev–Trinajstić information content (AvgIpc) is 3.51. The fourth-order valence-corrected chi connectivity index (χ4v) is 8.16. The van der Waals surface area contributed by atoms with Crippen molar-refractivity contribution >= 4 is 49.2 Å². The number of hydrogen-bond acceptors (Lipinski definition) is 1. The number of thiophene rings is 1. The third kappa shape index (κ3) is 2.48. The molecule has 0 saturated carbocycles. The van der Waals surface area contributed by atoms with Crippen LogP contribution in [0, 0.1) is 0 Å². The van der Waals surface area contributed by atoms with Crippen LogP contribution >= 0.6 is 11.3 Å². The van der Waals surface area contributed by atoms with Gasteiger partial charge in [-0.25, -0.2) is 0 Å². The quantitative estimate of drug-likeness (QED) is 0.227. The number of nitrogens with zero attached hydrogens (tertiary/aromatic N) is 1. The van der Waals surface area contributed by atoms with Crippen LogP contribution in [0.1, 0.15) is 42.7 Å². The van der Waals surface area contributed by atoms with Crippen LogP contribution in [0.3, 0.4) is 0 Å². The van der Waals surface area contributed by atoms with E-state index < -0.39 is 0 Å². The summed E-state index contributed by atoms with van der Waals surface area (Å²) >= 11 is 1.99. The van der Waals surface area contributed by atoms with Gasteiger partial charge in [-0.3, -0.25) is 0 Å². The Kier molecular flexibility index (Phi) is 3.79. The first-order valence-corrected chi connectivity index (χ1v) is 13.3. The third-order valence-corrected chi connectivity index (χ3v) is 9.47. The molecule has 0 spiro atoms. The summed E-state index contributed by atoms with van der Waals surface area (Å²) in [6, 6.07) is 29.4. The summed E-state index contributed by atoms with van der Waals surface area (Å²) in [5.41, 5.74) is 9.87. The second kappa shape index (κ2) is 6.74. The minimum absolute atomic E-state index is 0.0117. The maximum atomic E-state index is 2.58. The molecule has 168 valence electrons. The molecule has 0 fully saturated rings. The van der Waals surface area contributed by atoms with E-state index in [4.69, 9.17) is 0 Å². The van der Waals surface area contributed by atoms with Gasteiger partial charge < -0.3 is 4.57 Å². The van der Waals surface area contributed by atoms with Crippen LogP contribution < -0.4 is 0 Å². The maximum Gasteiger partial charge on any atom is 0.0716 e. The molecular formula is C33H25NS. The Labute approximate surface area is 209 Å². The highest BCUT2D eigenvalue weighted by atomic mass is 32.1. The van der Waals surface area contributed by atoms with Crippen molar-refractivity contribution in [3.05, 3.63) is 107 Å². The zero-order valence-electron chi connectivity index (χ0n) is 19.9. The lowest BCUT2D eigenvalue weighted by molar-refractivity contribution is 0.667. The van der Waals surface area contributed by atoms with E-state index >= 15 is 0 Å². The Bertz CT molecular complexity index is 1870. The van der Waals surface area contributed by atoms with E-state index in [2.05, 4.69) is 109 Å². The van der Waals surface area contributed by atoms with Gasteiger partial charge in [0.1, 0.15) is 0 Å². The van der Waals surface area contributed by atoms with Crippen molar-refractivity contribution in [2.45, 2.75) is 32.1 Å². The second-order valence-electron chi connectivity index (χ2n) is 10.5. The Hall–Kier alpha value is -3.62. The highest BCUT2D eigenvalue weighted by Gasteiger charge is 2.39. The lowest BCUT2D eigenvalue weighted by atomic mass is 9.81. The molecule has 0 saturated heterocycles. The first kappa shape index (κ1) is 19.7. The van der Waals surface area contributed by atoms with Crippen molar-refractivity contribution in [1.82, 2.24) is 4.57 Å². The molecule has 6 aromatic rings. The van der Waals surface area contributed by atoms with Crippen LogP contribution in [-0.4, -0.2) is 4.57 Å². The Morgan fingerprint density at radius 1 is 0.829 bits per heavy atom. The van der Waals surface area contributed by atoms with Crippen LogP contribution in [0.15, 0.2) is 84.9 Å². The van der Waals surface area contributed by atoms with E-state index in [-0.39, 0.29) is 5.41 Å². The van der Waals surface area contributed by atoms with Crippen molar-refractivity contribution in [3.63, 3.8) is 0 Å². The summed E-state index contributed by atoms with van der Waals surface area (Å²) in [4.78, 5) is 1.45. The first-order valence-electron chi connectivity index (χ1n) is 12.5. The molecule has 2 aromatic heterocycles. The molecule has 2 heteroatoms. The van der Waals surface area contributed by atoms with E-state index in [1.54, 1.807) is 0 Å². The zero-order chi connectivity index (χ0) is 23.3. The lowest BCUT2D eigenvalue weighted by Gasteiger charge is -2.21. The number of fused-ring (bicyclic) bond motifs is 10. The second-order valence-corrected chi connectivity index (χ2v) is 11.5. The van der Waals surface area contributed by atoms with Crippen molar-refractivity contribution in [2.24, 2.45) is 0 Å². The molecule has 0 bridgehead atoms. The summed E-state index contributed by atoms with van der Waals surface area (Å²) in [6.45, 7) is 4.79. The van der Waals surface area contributed by atoms with Gasteiger partial charge in [0.25, 0.3) is 0 Å². The number of benzene rings is 4. The predicted molar refractivity (Wildman–Crippen MR) is 151 cm³/mol. The van der Waals surface area contributed by atoms with Gasteiger partial charge in [-0.2, -0.15) is 0 Å². The summed E-state index contributed by atoms with van der Waals surface area (Å²) in [5.74, 6) is 0. The Morgan fingerprint density at radius 2 is 1.63 bits per heavy atom. The molecule has 0 amide bonds. The van der Waals surface area contributed by atoms with Gasteiger partial charge in [-0.15, -0.1) is 11.3 Å². The molecule has 1 nitrogen and oxygen atoms in total. The zero-order valence-corrected chi connectivity index (χ0v) is 20.7. The van der Waals surface area contributed by atoms with Crippen LogP contribution in [-0.2, 0) is 11.8 Å². The maximum absolute atomic E-state index is 2.58. The standard InChI is InChI=1S/C33H25NS/c1-33(2)27-13-7-5-12-25(27)31-29(33)26-18-17-24-23-11-6-8-14-28(23)34(30(24)32(26)35-31)22-16-15-20-9-3-4-10-21(20)19-22/h3-7,9-13,15-19H,8,14H2,1-2H3. The largest absolute Gasteiger partial charge is 0.312 e. The van der Waals surface area contributed by atoms with E-state index in [0.29, 0.717) is 0 Å². The number of allylic oxidation sites excluding steroid dienone is 1. The van der Waals surface area contributed by atoms with Gasteiger partial charge in [-0.1, -0.05) is 92.7 Å². The average molecular weight is 468 g/mol. The molecule has 0 N–H and O–H groups in total. The molecule has 0 aliphatic heterocycles. The molecule has 35 heavy (non-hydrogen) atoms. The topological polar surface area (TPSA) is 4.93 Å². The monoisotopic (exact) mass is 467 g/mol. The molecule has 2 aliphatic rings. The summed E-state index contributed by atoms with van der Waals surface area (Å²) < 4.78 is 4.00. The van der Waals surface area contributed by atoms with Gasteiger partial charge in [-0.05, 0) is 57.8 Å². The SMILES string of the molecule is CC1(C)c2ccccc2-c2sc3c(ccc4c5c(n(-c6ccc7ccccc7c6)c43)CCC=C5)c21. The van der Waals surface area contributed by atoms with Gasteiger partial charge in [0.05, 0.1) is 10.2 Å². The van der Waals surface area contributed by atoms with E-state index in [9.17, 15) is 0 Å². The molecule has 4 aromatic carbocycles. The minimum Gasteiger partial charge on any atom is -0.312 e. The van der Waals surface area contributed by atoms with Crippen LogP contribution in [0.5, 0.6) is 0 Å². The predicted octanol–water partition coefficient (Wildman–Crippen LogP) is 9.26. The smallest absolute Gasteiger partial charge is 0.0716 e. The molecule has 8 rings (SSSR count). The normalized spacial score (nSPS) is 15.6. The summed E-state index contributed by atoms with van der Waals surface area (Å²) in [6.07, 6.45) is 6.87. The molecular weight excluding hydrogens is 442 g/mol. The fraction of sp³-hybridized carbons (Fsp3) is 0.152. The van der Waals surface area contributed by atoms with E-state index in [0.717, 1.165) is 12.8 Å². The lowest BCUT2D eigenvalue weighted by Crippen LogP contribution is -2.14. The van der Waals surface area contributed by atoms with Crippen molar-refractivity contribution in [2.75, 3.05) is 0 Å². The highest BCUT2D eigenvalue weighted by Crippen LogP contribution is 2.56. The fourth-order valence-electron chi connectivity index (χ4n) is 6.62. The minimum atomic E-state index is 0.0117. The first-order chi connectivity index (χ1) is 17.1. The molecule has 0 radical (unpaired) electrons. The van der Waals surface area contributed by atoms with Crippen LogP contribution in [0.2, 0.25) is 0 Å². The molecule has 2 aliphatic carbocycles. The Balaban J connectivity index is 1.52. The van der Waals surface area contributed by atoms with Gasteiger partial charge in [0.15, 0.2) is 0 Å². The van der Waals surface area contributed by atoms with Gasteiger partial charge in [0.2, 0.25) is 0 Å². The number of hydrogen-bond donors (Lipinski definition) is 0. The summed E-state index contributed by atoms with van der Waals surface area (Å²) in [7, 11) is 0. The molecule has 0 atom stereocenters. The van der Waals surface area contributed by atoms with Crippen LogP contribution in [0.25, 0.3) is 54.0 Å². The van der Waals surface area contributed by atoms with E-state index in [1.165, 1.54) is 70.3 Å². The number of rotatable bonds is 1.